The van der Waals surface area contributed by atoms with Crippen molar-refractivity contribution in [2.45, 2.75) is 29.9 Å². The summed E-state index contributed by atoms with van der Waals surface area (Å²) >= 11 is 0. The molecule has 1 aromatic carbocycles. The molecule has 0 aliphatic carbocycles. The molecule has 180 valence electrons. The Labute approximate surface area is 217 Å². The quantitative estimate of drug-likeness (QED) is 0.216. The normalized spacial score (nSPS) is 23.6. The number of nitrogens with one attached hydrogen (secondary N) is 1. The molecular weight excluding hydrogens is 503 g/mol. The minimum atomic E-state index is -4.02. The Morgan fingerprint density at radius 1 is 1.21 bits per heavy atom. The number of likely N-dealkylation sites (tertiary alicyclic amines) is 1. The van der Waals surface area contributed by atoms with Crippen LogP contribution in [0.2, 0.25) is 0 Å². The monoisotopic (exact) mass is 524 g/mol. The van der Waals surface area contributed by atoms with Gasteiger partial charge in [0.2, 0.25) is 10.0 Å². The van der Waals surface area contributed by atoms with Gasteiger partial charge < -0.3 is 19.5 Å². The second kappa shape index (κ2) is 9.13. The number of β-lactam (4-membered cyclic amide) rings is 1. The number of nitrogens with two attached hydrogens (primary N) is 1. The van der Waals surface area contributed by atoms with Gasteiger partial charge in [-0.3, -0.25) is 9.69 Å². The Bertz CT molecular complexity index is 1290. The Morgan fingerprint density at radius 3 is 2.35 bits per heavy atom. The van der Waals surface area contributed by atoms with E-state index in [2.05, 4.69) is 5.32 Å². The van der Waals surface area contributed by atoms with E-state index < -0.39 is 61.7 Å². The molecule has 0 saturated carbocycles. The van der Waals surface area contributed by atoms with Gasteiger partial charge in [0.15, 0.2) is 11.5 Å². The molecule has 0 radical (unpaired) electrons. The summed E-state index contributed by atoms with van der Waals surface area (Å²) in [5.74, 6) is -2.87. The van der Waals surface area contributed by atoms with Crippen LogP contribution in [0.25, 0.3) is 0 Å². The molecule has 0 aromatic heterocycles. The van der Waals surface area contributed by atoms with Gasteiger partial charge in [0.25, 0.3) is 5.91 Å². The van der Waals surface area contributed by atoms with E-state index in [0.29, 0.717) is 5.56 Å². The average molecular weight is 525 g/mol. The van der Waals surface area contributed by atoms with Crippen LogP contribution in [0.3, 0.4) is 0 Å². The van der Waals surface area contributed by atoms with Crippen molar-refractivity contribution in [1.82, 2.24) is 15.1 Å². The Hall–Kier alpha value is -2.17. The van der Waals surface area contributed by atoms with Crippen molar-refractivity contribution in [3.63, 3.8) is 0 Å². The first-order chi connectivity index (χ1) is 15.3. The number of carboxylic acid groups (broad SMARTS) is 1. The summed E-state index contributed by atoms with van der Waals surface area (Å²) < 4.78 is 50.6. The molecule has 16 heteroatoms. The van der Waals surface area contributed by atoms with Gasteiger partial charge in [-0.1, -0.05) is 12.1 Å². The van der Waals surface area contributed by atoms with Crippen molar-refractivity contribution < 1.29 is 40.5 Å². The number of rotatable bonds is 6. The van der Waals surface area contributed by atoms with E-state index in [1.807, 2.05) is 0 Å². The van der Waals surface area contributed by atoms with Gasteiger partial charge in [0, 0.05) is 25.4 Å². The maximum atomic E-state index is 12.8. The van der Waals surface area contributed by atoms with Crippen molar-refractivity contribution in [2.75, 3.05) is 12.8 Å². The third-order valence-corrected chi connectivity index (χ3v) is 7.16. The van der Waals surface area contributed by atoms with Crippen LogP contribution in [0.1, 0.15) is 12.0 Å². The van der Waals surface area contributed by atoms with E-state index in [9.17, 15) is 36.3 Å². The fourth-order valence-electron chi connectivity index (χ4n) is 4.43. The number of nitrogens with zero attached hydrogens (tertiary/aromatic N) is 2. The summed E-state index contributed by atoms with van der Waals surface area (Å²) in [6.45, 7) is 0.137. The molecule has 3 aliphatic heterocycles. The molecule has 0 bridgehead atoms. The fourth-order valence-corrected chi connectivity index (χ4v) is 5.46. The van der Waals surface area contributed by atoms with E-state index in [0.717, 1.165) is 11.2 Å². The molecule has 2 saturated heterocycles. The van der Waals surface area contributed by atoms with Crippen LogP contribution in [0.5, 0.6) is 0 Å². The van der Waals surface area contributed by atoms with E-state index in [4.69, 9.17) is 9.32 Å². The fraction of sp³-hybridized carbons (Fsp3) is 0.389. The van der Waals surface area contributed by atoms with Gasteiger partial charge in [0.1, 0.15) is 6.04 Å². The molecular formula is C18H21N4NaO9S2. The number of benzene rings is 1. The van der Waals surface area contributed by atoms with E-state index in [1.54, 1.807) is 0 Å². The molecule has 0 spiro atoms. The van der Waals surface area contributed by atoms with Crippen molar-refractivity contribution >= 4 is 67.6 Å². The van der Waals surface area contributed by atoms with Crippen LogP contribution in [-0.4, -0.2) is 104 Å². The molecule has 0 unspecified atom stereocenters. The number of carbonyl (C=O) groups is 3. The number of hydrogen-bond acceptors (Lipinski definition) is 8. The van der Waals surface area contributed by atoms with Gasteiger partial charge in [-0.15, -0.1) is 0 Å². The molecule has 1 aromatic rings. The van der Waals surface area contributed by atoms with Gasteiger partial charge in [-0.05, 0) is 17.7 Å². The van der Waals surface area contributed by atoms with Crippen molar-refractivity contribution in [2.24, 2.45) is 11.1 Å². The van der Waals surface area contributed by atoms with Crippen LogP contribution in [-0.2, 0) is 40.5 Å². The standard InChI is InChI=1S/C18H20N4O9S2.Na.H/c1-32(27,28)31-12-6-10-8-21(15-13(10)22(16(15)23)14(12)17(24)25)18(26)20-7-9-2-4-11(5-3-9)33(19,29)30;;/h2-5,10,13,15H,6-8H2,1H3,(H,20,26)(H,24,25)(H2,19,29,30);;/t10-,13-,15+;;/m1../s1. The molecule has 34 heavy (non-hydrogen) atoms. The predicted molar refractivity (Wildman–Crippen MR) is 117 cm³/mol. The number of hydrogen-bond donors (Lipinski definition) is 3. The molecule has 3 heterocycles. The number of sulfonamides is 1. The average Bonchev–Trinajstić information content (AvgIpc) is 3.06. The zero-order chi connectivity index (χ0) is 24.3. The third-order valence-electron chi connectivity index (χ3n) is 5.73. The number of allylic oxidation sites excluding steroid dienone is 1. The van der Waals surface area contributed by atoms with Crippen LogP contribution < -0.4 is 10.5 Å². The molecule has 3 aliphatic rings. The Balaban J connectivity index is 0.00000324. The summed E-state index contributed by atoms with van der Waals surface area (Å²) in [6.07, 6.45) is 0.717. The van der Waals surface area contributed by atoms with Gasteiger partial charge >= 0.3 is 51.7 Å². The summed E-state index contributed by atoms with van der Waals surface area (Å²) in [4.78, 5) is 39.4. The zero-order valence-electron chi connectivity index (χ0n) is 17.2. The number of primary sulfonamides is 1. The number of carboxylic acids is 1. The third kappa shape index (κ3) is 4.81. The summed E-state index contributed by atoms with van der Waals surface area (Å²) in [5, 5.41) is 17.2. The number of amides is 3. The second-order valence-electron chi connectivity index (χ2n) is 7.97. The van der Waals surface area contributed by atoms with Crippen molar-refractivity contribution in [3.8, 4) is 0 Å². The maximum absolute atomic E-state index is 12.8. The molecule has 4 N–H and O–H groups in total. The first kappa shape index (κ1) is 26.4. The summed E-state index contributed by atoms with van der Waals surface area (Å²) in [5.41, 5.74) is 0.0627. The molecule has 4 rings (SSSR count). The van der Waals surface area contributed by atoms with Crippen LogP contribution in [0.15, 0.2) is 40.6 Å². The van der Waals surface area contributed by atoms with Crippen LogP contribution in [0, 0.1) is 5.92 Å². The Morgan fingerprint density at radius 2 is 1.82 bits per heavy atom. The first-order valence-corrected chi connectivity index (χ1v) is 13.0. The molecule has 3 amide bonds. The number of aliphatic carboxylic acids is 1. The van der Waals surface area contributed by atoms with Crippen LogP contribution >= 0.6 is 0 Å². The first-order valence-electron chi connectivity index (χ1n) is 9.63. The summed E-state index contributed by atoms with van der Waals surface area (Å²) in [6, 6.07) is 3.55. The minimum absolute atomic E-state index is 0. The van der Waals surface area contributed by atoms with Crippen LogP contribution in [0.4, 0.5) is 4.79 Å². The van der Waals surface area contributed by atoms with E-state index >= 15 is 0 Å². The van der Waals surface area contributed by atoms with Gasteiger partial charge in [-0.2, -0.15) is 8.42 Å². The molecule has 3 atom stereocenters. The molecule has 13 nitrogen and oxygen atoms in total. The van der Waals surface area contributed by atoms with Gasteiger partial charge in [0.05, 0.1) is 17.2 Å². The predicted octanol–water partition coefficient (Wildman–Crippen LogP) is -1.92. The summed E-state index contributed by atoms with van der Waals surface area (Å²) in [7, 11) is -7.86. The topological polar surface area (TPSA) is 193 Å². The second-order valence-corrected chi connectivity index (χ2v) is 11.1. The number of urea groups is 1. The van der Waals surface area contributed by atoms with E-state index in [-0.39, 0.29) is 59.7 Å². The van der Waals surface area contributed by atoms with Crippen molar-refractivity contribution in [3.05, 3.63) is 41.3 Å². The van der Waals surface area contributed by atoms with Crippen molar-refractivity contribution in [1.29, 1.82) is 0 Å². The SMILES string of the molecule is CS(=O)(=O)OC1=C(C(=O)O)N2C(=O)[C@@H]3[C@H]2[C@H](C1)CN3C(=O)NCc1ccc(S(N)(=O)=O)cc1.[NaH]. The Kier molecular flexibility index (Phi) is 7.09. The van der Waals surface area contributed by atoms with Gasteiger partial charge in [-0.25, -0.2) is 23.1 Å². The number of carbonyl (C=O) groups excluding carboxylic acids is 2. The van der Waals surface area contributed by atoms with E-state index in [1.165, 1.54) is 29.2 Å². The molecule has 2 fully saturated rings. The zero-order valence-corrected chi connectivity index (χ0v) is 18.8.